The molecule has 0 aliphatic carbocycles. The van der Waals surface area contributed by atoms with Gasteiger partial charge in [-0.1, -0.05) is 6.07 Å². The number of thiophene rings is 1. The third-order valence-corrected chi connectivity index (χ3v) is 5.80. The van der Waals surface area contributed by atoms with E-state index in [0.717, 1.165) is 50.0 Å². The fourth-order valence-electron chi connectivity index (χ4n) is 3.52. The summed E-state index contributed by atoms with van der Waals surface area (Å²) in [5.41, 5.74) is 6.41. The van der Waals surface area contributed by atoms with E-state index in [1.165, 1.54) is 11.2 Å². The highest BCUT2D eigenvalue weighted by Gasteiger charge is 2.15. The van der Waals surface area contributed by atoms with Gasteiger partial charge in [-0.05, 0) is 23.6 Å². The molecule has 0 amide bonds. The molecule has 7 nitrogen and oxygen atoms in total. The third kappa shape index (κ3) is 2.61. The lowest BCUT2D eigenvalue weighted by Crippen LogP contribution is -1.85. The van der Waals surface area contributed by atoms with Crippen LogP contribution in [0.4, 0.5) is 0 Å². The maximum atomic E-state index is 4.52. The van der Waals surface area contributed by atoms with Crippen LogP contribution in [0.15, 0.2) is 67.0 Å². The van der Waals surface area contributed by atoms with Crippen molar-refractivity contribution in [2.75, 3.05) is 0 Å². The normalized spacial score (nSPS) is 11.4. The van der Waals surface area contributed by atoms with Crippen LogP contribution in [0.5, 0.6) is 0 Å². The molecule has 0 bridgehead atoms. The molecule has 6 heterocycles. The number of aromatic amines is 2. The van der Waals surface area contributed by atoms with Crippen molar-refractivity contribution in [1.82, 2.24) is 35.1 Å². The zero-order valence-corrected chi connectivity index (χ0v) is 15.8. The van der Waals surface area contributed by atoms with E-state index >= 15 is 0 Å². The van der Waals surface area contributed by atoms with Crippen LogP contribution in [0.25, 0.3) is 54.9 Å². The molecule has 8 heteroatoms. The summed E-state index contributed by atoms with van der Waals surface area (Å²) in [6, 6.07) is 8.34. The van der Waals surface area contributed by atoms with Gasteiger partial charge in [-0.2, -0.15) is 5.10 Å². The maximum Gasteiger partial charge on any atom is 0.155 e. The minimum Gasteiger partial charge on any atom is -0.352 e. The number of H-pyrrole nitrogens is 2. The largest absolute Gasteiger partial charge is 0.352 e. The Morgan fingerprint density at radius 3 is 2.66 bits per heavy atom. The standard InChI is InChI=1S/C21H13N7S/c1-2-19(29-3-1)16-9-22-10-18-14(16)5-17(26-18)20-15-4-12(8-25-21(15)28-27-20)13-6-23-11-24-7-13/h1-11,26H,(H,25,27,28). The lowest BCUT2D eigenvalue weighted by molar-refractivity contribution is 1.10. The van der Waals surface area contributed by atoms with Crippen molar-refractivity contribution in [2.24, 2.45) is 0 Å². The van der Waals surface area contributed by atoms with Crippen LogP contribution in [0.3, 0.4) is 0 Å². The van der Waals surface area contributed by atoms with Crippen LogP contribution in [0.1, 0.15) is 0 Å². The van der Waals surface area contributed by atoms with Crippen molar-refractivity contribution in [2.45, 2.75) is 0 Å². The summed E-state index contributed by atoms with van der Waals surface area (Å²) >= 11 is 1.70. The van der Waals surface area contributed by atoms with Crippen molar-refractivity contribution in [3.8, 4) is 33.0 Å². The molecule has 0 aliphatic heterocycles. The van der Waals surface area contributed by atoms with E-state index in [-0.39, 0.29) is 0 Å². The minimum atomic E-state index is 0.732. The number of nitrogens with one attached hydrogen (secondary N) is 2. The van der Waals surface area contributed by atoms with Gasteiger partial charge < -0.3 is 4.98 Å². The van der Waals surface area contributed by atoms with E-state index in [0.29, 0.717) is 0 Å². The Bertz CT molecular complexity index is 1450. The molecule has 0 saturated heterocycles. The van der Waals surface area contributed by atoms with Gasteiger partial charge in [-0.15, -0.1) is 11.3 Å². The summed E-state index contributed by atoms with van der Waals surface area (Å²) in [4.78, 5) is 21.8. The van der Waals surface area contributed by atoms with E-state index in [1.807, 2.05) is 18.5 Å². The lowest BCUT2D eigenvalue weighted by Gasteiger charge is -2.00. The van der Waals surface area contributed by atoms with E-state index in [4.69, 9.17) is 0 Å². The predicted molar refractivity (Wildman–Crippen MR) is 113 cm³/mol. The predicted octanol–water partition coefficient (Wildman–Crippen LogP) is 4.69. The van der Waals surface area contributed by atoms with Gasteiger partial charge in [0.1, 0.15) is 12.0 Å². The van der Waals surface area contributed by atoms with Crippen molar-refractivity contribution in [3.63, 3.8) is 0 Å². The fraction of sp³-hybridized carbons (Fsp3) is 0. The summed E-state index contributed by atoms with van der Waals surface area (Å²) < 4.78 is 0. The van der Waals surface area contributed by atoms with Gasteiger partial charge in [-0.3, -0.25) is 10.1 Å². The zero-order valence-electron chi connectivity index (χ0n) is 15.0. The Kier molecular flexibility index (Phi) is 3.50. The first kappa shape index (κ1) is 16.1. The Morgan fingerprint density at radius 1 is 0.862 bits per heavy atom. The first-order valence-corrected chi connectivity index (χ1v) is 9.85. The van der Waals surface area contributed by atoms with Gasteiger partial charge in [0.15, 0.2) is 5.65 Å². The number of fused-ring (bicyclic) bond motifs is 2. The zero-order chi connectivity index (χ0) is 19.2. The number of rotatable bonds is 3. The monoisotopic (exact) mass is 395 g/mol. The minimum absolute atomic E-state index is 0.732. The van der Waals surface area contributed by atoms with Crippen LogP contribution >= 0.6 is 11.3 Å². The summed E-state index contributed by atoms with van der Waals surface area (Å²) in [7, 11) is 0. The summed E-state index contributed by atoms with van der Waals surface area (Å²) in [6.07, 6.45) is 10.6. The van der Waals surface area contributed by atoms with E-state index in [1.54, 1.807) is 29.9 Å². The molecule has 0 spiro atoms. The van der Waals surface area contributed by atoms with Gasteiger partial charge in [0, 0.05) is 57.1 Å². The second-order valence-electron chi connectivity index (χ2n) is 6.63. The Morgan fingerprint density at radius 2 is 1.79 bits per heavy atom. The third-order valence-electron chi connectivity index (χ3n) is 4.90. The van der Waals surface area contributed by atoms with Crippen molar-refractivity contribution in [3.05, 3.63) is 67.0 Å². The molecule has 0 atom stereocenters. The molecule has 0 unspecified atom stereocenters. The highest BCUT2D eigenvalue weighted by atomic mass is 32.1. The van der Waals surface area contributed by atoms with Crippen molar-refractivity contribution < 1.29 is 0 Å². The summed E-state index contributed by atoms with van der Waals surface area (Å²) in [5.74, 6) is 0. The van der Waals surface area contributed by atoms with Gasteiger partial charge in [0.2, 0.25) is 0 Å². The molecule has 0 radical (unpaired) electrons. The molecule has 0 aromatic carbocycles. The molecule has 138 valence electrons. The van der Waals surface area contributed by atoms with Gasteiger partial charge in [0.05, 0.1) is 17.4 Å². The SMILES string of the molecule is c1csc(-c2cncc3[nH]c(-c4n[nH]c5ncc(-c6cncnc6)cc45)cc23)c1. The number of pyridine rings is 2. The molecular weight excluding hydrogens is 382 g/mol. The van der Waals surface area contributed by atoms with E-state index < -0.39 is 0 Å². The second-order valence-corrected chi connectivity index (χ2v) is 7.58. The highest BCUT2D eigenvalue weighted by Crippen LogP contribution is 2.35. The maximum absolute atomic E-state index is 4.52. The van der Waals surface area contributed by atoms with Crippen LogP contribution in [-0.4, -0.2) is 35.1 Å². The quantitative estimate of drug-likeness (QED) is 0.453. The Hall–Kier alpha value is -3.91. The molecule has 29 heavy (non-hydrogen) atoms. The average molecular weight is 395 g/mol. The molecule has 2 N–H and O–H groups in total. The van der Waals surface area contributed by atoms with Crippen LogP contribution in [-0.2, 0) is 0 Å². The molecule has 0 saturated carbocycles. The topological polar surface area (TPSA) is 96.0 Å². The van der Waals surface area contributed by atoms with Crippen LogP contribution in [0, 0.1) is 0 Å². The summed E-state index contributed by atoms with van der Waals surface area (Å²) in [5, 5.41) is 11.7. The molecule has 0 aliphatic rings. The number of nitrogens with zero attached hydrogens (tertiary/aromatic N) is 5. The van der Waals surface area contributed by atoms with E-state index in [2.05, 4.69) is 58.7 Å². The van der Waals surface area contributed by atoms with Gasteiger partial charge >= 0.3 is 0 Å². The van der Waals surface area contributed by atoms with Gasteiger partial charge in [-0.25, -0.2) is 15.0 Å². The van der Waals surface area contributed by atoms with Crippen molar-refractivity contribution in [1.29, 1.82) is 0 Å². The lowest BCUT2D eigenvalue weighted by atomic mass is 10.1. The van der Waals surface area contributed by atoms with Crippen molar-refractivity contribution >= 4 is 33.3 Å². The fourth-order valence-corrected chi connectivity index (χ4v) is 4.27. The van der Waals surface area contributed by atoms with Crippen LogP contribution < -0.4 is 0 Å². The molecule has 0 fully saturated rings. The second kappa shape index (κ2) is 6.32. The highest BCUT2D eigenvalue weighted by molar-refractivity contribution is 7.13. The molecular formula is C21H13N7S. The average Bonchev–Trinajstić information content (AvgIpc) is 3.52. The van der Waals surface area contributed by atoms with E-state index in [9.17, 15) is 0 Å². The van der Waals surface area contributed by atoms with Gasteiger partial charge in [0.25, 0.3) is 0 Å². The number of hydrogen-bond acceptors (Lipinski definition) is 6. The smallest absolute Gasteiger partial charge is 0.155 e. The molecule has 6 aromatic rings. The Balaban J connectivity index is 1.53. The van der Waals surface area contributed by atoms with Crippen LogP contribution in [0.2, 0.25) is 0 Å². The number of hydrogen-bond donors (Lipinski definition) is 2. The number of aromatic nitrogens is 7. The molecule has 6 rings (SSSR count). The summed E-state index contributed by atoms with van der Waals surface area (Å²) in [6.45, 7) is 0. The first-order chi connectivity index (χ1) is 14.4. The molecule has 6 aromatic heterocycles. The first-order valence-electron chi connectivity index (χ1n) is 8.97. The Labute approximate surface area is 168 Å².